The van der Waals surface area contributed by atoms with Crippen molar-refractivity contribution in [3.05, 3.63) is 48.4 Å². The van der Waals surface area contributed by atoms with Gasteiger partial charge in [-0.2, -0.15) is 0 Å². The lowest BCUT2D eigenvalue weighted by Crippen LogP contribution is -2.14. The third kappa shape index (κ3) is 2.61. The van der Waals surface area contributed by atoms with Gasteiger partial charge in [-0.05, 0) is 29.7 Å². The molecule has 3 aromatic rings. The molecule has 0 saturated carbocycles. The van der Waals surface area contributed by atoms with Crippen molar-refractivity contribution in [1.29, 1.82) is 0 Å². The molecule has 0 unspecified atom stereocenters. The molecule has 0 fully saturated rings. The van der Waals surface area contributed by atoms with Gasteiger partial charge in [0.15, 0.2) is 5.65 Å². The average Bonchev–Trinajstić information content (AvgIpc) is 2.75. The summed E-state index contributed by atoms with van der Waals surface area (Å²) in [5, 5.41) is 10.2. The van der Waals surface area contributed by atoms with Crippen molar-refractivity contribution in [1.82, 2.24) is 14.5 Å². The number of phenolic OH excluding ortho intramolecular Hbond substituents is 1. The largest absolute Gasteiger partial charge is 0.506 e. The molecule has 4 nitrogen and oxygen atoms in total. The predicted octanol–water partition coefficient (Wildman–Crippen LogP) is 3.71. The number of aromatic nitrogens is 3. The Labute approximate surface area is 124 Å². The molecular formula is C17H19N3O. The molecule has 2 heterocycles. The Hall–Kier alpha value is -2.36. The molecule has 0 aliphatic rings. The van der Waals surface area contributed by atoms with E-state index in [-0.39, 0.29) is 11.2 Å². The molecule has 0 spiro atoms. The minimum Gasteiger partial charge on any atom is -0.506 e. The van der Waals surface area contributed by atoms with Crippen LogP contribution < -0.4 is 0 Å². The van der Waals surface area contributed by atoms with E-state index in [4.69, 9.17) is 4.98 Å². The maximum Gasteiger partial charge on any atom is 0.164 e. The monoisotopic (exact) mass is 281 g/mol. The van der Waals surface area contributed by atoms with Crippen LogP contribution in [0.15, 0.2) is 42.6 Å². The van der Waals surface area contributed by atoms with E-state index in [1.165, 1.54) is 0 Å². The van der Waals surface area contributed by atoms with Crippen molar-refractivity contribution in [3.8, 4) is 11.4 Å². The first kappa shape index (κ1) is 13.6. The zero-order valence-electron chi connectivity index (χ0n) is 12.5. The number of benzene rings is 1. The number of fused-ring (bicyclic) bond motifs is 1. The Morgan fingerprint density at radius 1 is 1.10 bits per heavy atom. The number of imidazole rings is 1. The number of phenols is 1. The van der Waals surface area contributed by atoms with E-state index in [0.717, 1.165) is 29.1 Å². The highest BCUT2D eigenvalue weighted by Gasteiger charge is 2.20. The molecule has 3 rings (SSSR count). The van der Waals surface area contributed by atoms with Crippen molar-refractivity contribution < 1.29 is 5.11 Å². The summed E-state index contributed by atoms with van der Waals surface area (Å²) in [5.74, 6) is 1.15. The van der Waals surface area contributed by atoms with Crippen LogP contribution in [-0.4, -0.2) is 19.6 Å². The fraction of sp³-hybridized carbons (Fsp3) is 0.294. The summed E-state index contributed by atoms with van der Waals surface area (Å²) in [7, 11) is 0. The third-order valence-electron chi connectivity index (χ3n) is 3.30. The average molecular weight is 281 g/mol. The lowest BCUT2D eigenvalue weighted by molar-refractivity contribution is 0.398. The standard InChI is InChI=1S/C17H19N3O/c1-17(2,3)11-15-19-12-7-6-10-18-16(12)20(15)13-8-4-5-9-14(13)21/h4-10,21H,11H2,1-3H3. The number of nitrogens with zero attached hydrogens (tertiary/aromatic N) is 3. The molecule has 0 atom stereocenters. The minimum atomic E-state index is 0.101. The van der Waals surface area contributed by atoms with Gasteiger partial charge in [0.1, 0.15) is 17.1 Å². The van der Waals surface area contributed by atoms with Crippen LogP contribution in [0.1, 0.15) is 26.6 Å². The highest BCUT2D eigenvalue weighted by atomic mass is 16.3. The van der Waals surface area contributed by atoms with Crippen molar-refractivity contribution in [3.63, 3.8) is 0 Å². The SMILES string of the molecule is CC(C)(C)Cc1nc2cccnc2n1-c1ccccc1O. The van der Waals surface area contributed by atoms with Gasteiger partial charge in [-0.1, -0.05) is 32.9 Å². The van der Waals surface area contributed by atoms with Gasteiger partial charge in [-0.15, -0.1) is 0 Å². The molecule has 0 bridgehead atoms. The molecular weight excluding hydrogens is 262 g/mol. The van der Waals surface area contributed by atoms with E-state index in [1.54, 1.807) is 12.3 Å². The van der Waals surface area contributed by atoms with Crippen LogP contribution in [0.25, 0.3) is 16.9 Å². The van der Waals surface area contributed by atoms with Crippen molar-refractivity contribution >= 4 is 11.2 Å². The van der Waals surface area contributed by atoms with Crippen LogP contribution in [0.4, 0.5) is 0 Å². The first-order chi connectivity index (χ1) is 9.96. The number of para-hydroxylation sites is 2. The number of pyridine rings is 1. The van der Waals surface area contributed by atoms with E-state index in [2.05, 4.69) is 25.8 Å². The van der Waals surface area contributed by atoms with Gasteiger partial charge in [-0.3, -0.25) is 4.57 Å². The second kappa shape index (κ2) is 4.88. The molecule has 0 amide bonds. The molecule has 0 radical (unpaired) electrons. The van der Waals surface area contributed by atoms with E-state index >= 15 is 0 Å². The summed E-state index contributed by atoms with van der Waals surface area (Å²) in [4.78, 5) is 9.14. The van der Waals surface area contributed by atoms with Gasteiger partial charge >= 0.3 is 0 Å². The van der Waals surface area contributed by atoms with E-state index in [0.29, 0.717) is 0 Å². The number of hydrogen-bond donors (Lipinski definition) is 1. The summed E-state index contributed by atoms with van der Waals surface area (Å²) >= 11 is 0. The third-order valence-corrected chi connectivity index (χ3v) is 3.30. The maximum absolute atomic E-state index is 10.2. The molecule has 0 aliphatic carbocycles. The maximum atomic E-state index is 10.2. The summed E-state index contributed by atoms with van der Waals surface area (Å²) in [6, 6.07) is 11.1. The summed E-state index contributed by atoms with van der Waals surface area (Å²) in [5.41, 5.74) is 2.44. The van der Waals surface area contributed by atoms with Crippen LogP contribution in [-0.2, 0) is 6.42 Å². The topological polar surface area (TPSA) is 50.9 Å². The fourth-order valence-electron chi connectivity index (χ4n) is 2.46. The highest BCUT2D eigenvalue weighted by Crippen LogP contribution is 2.29. The molecule has 0 saturated heterocycles. The molecule has 2 aromatic heterocycles. The fourth-order valence-corrected chi connectivity index (χ4v) is 2.46. The Bertz CT molecular complexity index is 784. The summed E-state index contributed by atoms with van der Waals surface area (Å²) in [6.07, 6.45) is 2.55. The van der Waals surface area contributed by atoms with E-state index in [9.17, 15) is 5.11 Å². The van der Waals surface area contributed by atoms with Gasteiger partial charge in [0.05, 0.1) is 5.69 Å². The molecule has 108 valence electrons. The van der Waals surface area contributed by atoms with Crippen LogP contribution in [0.5, 0.6) is 5.75 Å². The summed E-state index contributed by atoms with van der Waals surface area (Å²) < 4.78 is 1.95. The zero-order valence-corrected chi connectivity index (χ0v) is 12.5. The lowest BCUT2D eigenvalue weighted by Gasteiger charge is -2.19. The first-order valence-electron chi connectivity index (χ1n) is 7.06. The van der Waals surface area contributed by atoms with Crippen molar-refractivity contribution in [2.24, 2.45) is 5.41 Å². The van der Waals surface area contributed by atoms with Gasteiger partial charge < -0.3 is 5.11 Å². The first-order valence-corrected chi connectivity index (χ1v) is 7.06. The Morgan fingerprint density at radius 3 is 2.57 bits per heavy atom. The van der Waals surface area contributed by atoms with Crippen LogP contribution >= 0.6 is 0 Å². The van der Waals surface area contributed by atoms with Gasteiger partial charge in [-0.25, -0.2) is 9.97 Å². The van der Waals surface area contributed by atoms with Crippen LogP contribution in [0, 0.1) is 5.41 Å². The second-order valence-electron chi connectivity index (χ2n) is 6.44. The number of hydrogen-bond acceptors (Lipinski definition) is 3. The molecule has 21 heavy (non-hydrogen) atoms. The van der Waals surface area contributed by atoms with E-state index in [1.807, 2.05) is 34.9 Å². The Kier molecular flexibility index (Phi) is 3.16. The summed E-state index contributed by atoms with van der Waals surface area (Å²) in [6.45, 7) is 6.53. The Balaban J connectivity index is 2.28. The van der Waals surface area contributed by atoms with Crippen LogP contribution in [0.3, 0.4) is 0 Å². The number of aromatic hydroxyl groups is 1. The van der Waals surface area contributed by atoms with Crippen molar-refractivity contribution in [2.45, 2.75) is 27.2 Å². The van der Waals surface area contributed by atoms with Crippen molar-refractivity contribution in [2.75, 3.05) is 0 Å². The molecule has 1 aromatic carbocycles. The molecule has 4 heteroatoms. The number of rotatable bonds is 2. The second-order valence-corrected chi connectivity index (χ2v) is 6.44. The highest BCUT2D eigenvalue weighted by molar-refractivity contribution is 5.74. The molecule has 0 aliphatic heterocycles. The normalized spacial score (nSPS) is 12.0. The smallest absolute Gasteiger partial charge is 0.164 e. The van der Waals surface area contributed by atoms with Gasteiger partial charge in [0.25, 0.3) is 0 Å². The quantitative estimate of drug-likeness (QED) is 0.779. The predicted molar refractivity (Wildman–Crippen MR) is 83.7 cm³/mol. The van der Waals surface area contributed by atoms with Gasteiger partial charge in [0, 0.05) is 12.6 Å². The minimum absolute atomic E-state index is 0.101. The van der Waals surface area contributed by atoms with Gasteiger partial charge in [0.2, 0.25) is 0 Å². The van der Waals surface area contributed by atoms with E-state index < -0.39 is 0 Å². The Morgan fingerprint density at radius 2 is 1.86 bits per heavy atom. The lowest BCUT2D eigenvalue weighted by atomic mass is 9.92. The molecule has 1 N–H and O–H groups in total. The zero-order chi connectivity index (χ0) is 15.0. The van der Waals surface area contributed by atoms with Crippen LogP contribution in [0.2, 0.25) is 0 Å².